The van der Waals surface area contributed by atoms with Gasteiger partial charge in [0.25, 0.3) is 5.91 Å². The molecule has 4 nitrogen and oxygen atoms in total. The van der Waals surface area contributed by atoms with E-state index in [1.807, 2.05) is 12.1 Å². The quantitative estimate of drug-likeness (QED) is 0.852. The van der Waals surface area contributed by atoms with Crippen molar-refractivity contribution in [2.75, 3.05) is 13.1 Å². The van der Waals surface area contributed by atoms with Crippen LogP contribution in [0.25, 0.3) is 0 Å². The van der Waals surface area contributed by atoms with Crippen LogP contribution in [0.5, 0.6) is 0 Å². The minimum absolute atomic E-state index is 0.235. The number of aliphatic hydroxyl groups is 1. The number of nitrogens with one attached hydrogen (secondary N) is 1. The number of hydrogen-bond acceptors (Lipinski definition) is 3. The number of piperidine rings is 1. The van der Waals surface area contributed by atoms with E-state index < -0.39 is 5.60 Å². The van der Waals surface area contributed by atoms with Gasteiger partial charge in [0.15, 0.2) is 5.60 Å². The predicted octanol–water partition coefficient (Wildman–Crippen LogP) is 2.44. The summed E-state index contributed by atoms with van der Waals surface area (Å²) in [6.45, 7) is 1.29. The first-order valence-corrected chi connectivity index (χ1v) is 9.60. The topological polar surface area (TPSA) is 52.6 Å². The lowest BCUT2D eigenvalue weighted by Gasteiger charge is -2.39. The molecule has 2 aromatic carbocycles. The van der Waals surface area contributed by atoms with Crippen LogP contribution in [0, 0.1) is 5.82 Å². The van der Waals surface area contributed by atoms with Gasteiger partial charge in [0, 0.05) is 25.7 Å². The SMILES string of the molecule is O=C1N(Cc2ccc(F)cc2)CCC[C@]1(O)CNC1Cc2ccccc2C1. The van der Waals surface area contributed by atoms with Gasteiger partial charge in [-0.3, -0.25) is 4.79 Å². The molecule has 0 bridgehead atoms. The van der Waals surface area contributed by atoms with Crippen molar-refractivity contribution in [3.63, 3.8) is 0 Å². The molecule has 1 heterocycles. The third kappa shape index (κ3) is 3.89. The molecule has 1 saturated heterocycles. The fraction of sp³-hybridized carbons (Fsp3) is 0.409. The molecule has 0 spiro atoms. The Kier molecular flexibility index (Phi) is 4.98. The van der Waals surface area contributed by atoms with Crippen LogP contribution >= 0.6 is 0 Å². The molecule has 4 rings (SSSR count). The van der Waals surface area contributed by atoms with Gasteiger partial charge >= 0.3 is 0 Å². The fourth-order valence-electron chi connectivity index (χ4n) is 4.21. The van der Waals surface area contributed by atoms with Crippen molar-refractivity contribution in [2.24, 2.45) is 0 Å². The Morgan fingerprint density at radius 1 is 1.11 bits per heavy atom. The van der Waals surface area contributed by atoms with Crippen molar-refractivity contribution in [3.8, 4) is 0 Å². The summed E-state index contributed by atoms with van der Waals surface area (Å²) >= 11 is 0. The number of fused-ring (bicyclic) bond motifs is 1. The van der Waals surface area contributed by atoms with Gasteiger partial charge in [0.1, 0.15) is 5.82 Å². The zero-order valence-electron chi connectivity index (χ0n) is 15.3. The Hall–Kier alpha value is -2.24. The van der Waals surface area contributed by atoms with E-state index in [0.29, 0.717) is 19.5 Å². The maximum absolute atomic E-state index is 13.1. The van der Waals surface area contributed by atoms with Gasteiger partial charge in [0.05, 0.1) is 0 Å². The van der Waals surface area contributed by atoms with Crippen LogP contribution in [0.2, 0.25) is 0 Å². The smallest absolute Gasteiger partial charge is 0.256 e. The molecule has 2 aliphatic rings. The maximum atomic E-state index is 13.1. The zero-order valence-corrected chi connectivity index (χ0v) is 15.3. The van der Waals surface area contributed by atoms with E-state index in [1.54, 1.807) is 17.0 Å². The van der Waals surface area contributed by atoms with Crippen LogP contribution in [-0.2, 0) is 24.2 Å². The Morgan fingerprint density at radius 3 is 2.44 bits per heavy atom. The average molecular weight is 368 g/mol. The molecule has 5 heteroatoms. The van der Waals surface area contributed by atoms with Crippen molar-refractivity contribution in [2.45, 2.75) is 43.9 Å². The highest BCUT2D eigenvalue weighted by atomic mass is 19.1. The van der Waals surface area contributed by atoms with Crippen molar-refractivity contribution < 1.29 is 14.3 Å². The van der Waals surface area contributed by atoms with Gasteiger partial charge in [-0.1, -0.05) is 36.4 Å². The number of amides is 1. The van der Waals surface area contributed by atoms with Crippen LogP contribution in [0.1, 0.15) is 29.5 Å². The number of carbonyl (C=O) groups excluding carboxylic acids is 1. The lowest BCUT2D eigenvalue weighted by atomic mass is 9.91. The average Bonchev–Trinajstić information content (AvgIpc) is 3.09. The highest BCUT2D eigenvalue weighted by Crippen LogP contribution is 2.26. The Balaban J connectivity index is 1.37. The van der Waals surface area contributed by atoms with Crippen molar-refractivity contribution in [3.05, 3.63) is 71.0 Å². The summed E-state index contributed by atoms with van der Waals surface area (Å²) < 4.78 is 13.1. The summed E-state index contributed by atoms with van der Waals surface area (Å²) in [5.41, 5.74) is 2.19. The number of hydrogen-bond donors (Lipinski definition) is 2. The summed E-state index contributed by atoms with van der Waals surface area (Å²) in [5, 5.41) is 14.4. The van der Waals surface area contributed by atoms with Crippen molar-refractivity contribution >= 4 is 5.91 Å². The van der Waals surface area contributed by atoms with Crippen LogP contribution in [0.3, 0.4) is 0 Å². The van der Waals surface area contributed by atoms with Gasteiger partial charge in [-0.05, 0) is 54.5 Å². The second kappa shape index (κ2) is 7.41. The number of nitrogens with zero attached hydrogens (tertiary/aromatic N) is 1. The van der Waals surface area contributed by atoms with Crippen LogP contribution in [-0.4, -0.2) is 40.6 Å². The summed E-state index contributed by atoms with van der Waals surface area (Å²) in [6, 6.07) is 14.8. The second-order valence-corrected chi connectivity index (χ2v) is 7.74. The normalized spacial score (nSPS) is 22.9. The van der Waals surface area contributed by atoms with Gasteiger partial charge < -0.3 is 15.3 Å². The zero-order chi connectivity index (χ0) is 18.9. The van der Waals surface area contributed by atoms with E-state index in [0.717, 1.165) is 24.8 Å². The molecular weight excluding hydrogens is 343 g/mol. The first kappa shape index (κ1) is 18.1. The minimum atomic E-state index is -1.37. The molecule has 27 heavy (non-hydrogen) atoms. The monoisotopic (exact) mass is 368 g/mol. The molecule has 0 saturated carbocycles. The first-order chi connectivity index (χ1) is 13.0. The molecule has 1 amide bonds. The highest BCUT2D eigenvalue weighted by molar-refractivity contribution is 5.86. The van der Waals surface area contributed by atoms with Crippen LogP contribution < -0.4 is 5.32 Å². The number of rotatable bonds is 5. The minimum Gasteiger partial charge on any atom is -0.379 e. The largest absolute Gasteiger partial charge is 0.379 e. The van der Waals surface area contributed by atoms with E-state index in [2.05, 4.69) is 17.4 Å². The standard InChI is InChI=1S/C22H25FN2O2/c23-19-8-6-16(7-9-19)14-25-11-3-10-22(27,21(25)26)15-24-20-12-17-4-1-2-5-18(17)13-20/h1-2,4-9,20,24,27H,3,10-15H2/t22-/m0/s1. The molecule has 142 valence electrons. The molecule has 0 aromatic heterocycles. The number of halogens is 1. The molecule has 0 radical (unpaired) electrons. The summed E-state index contributed by atoms with van der Waals surface area (Å²) in [7, 11) is 0. The number of likely N-dealkylation sites (tertiary alicyclic amines) is 1. The fourth-order valence-corrected chi connectivity index (χ4v) is 4.21. The van der Waals surface area contributed by atoms with Gasteiger partial charge in [-0.25, -0.2) is 4.39 Å². The molecule has 1 aliphatic heterocycles. The molecule has 1 fully saturated rings. The van der Waals surface area contributed by atoms with E-state index in [-0.39, 0.29) is 24.3 Å². The third-order valence-corrected chi connectivity index (χ3v) is 5.72. The Bertz CT molecular complexity index is 798. The van der Waals surface area contributed by atoms with E-state index in [1.165, 1.54) is 23.3 Å². The van der Waals surface area contributed by atoms with Crippen molar-refractivity contribution in [1.82, 2.24) is 10.2 Å². The first-order valence-electron chi connectivity index (χ1n) is 9.60. The van der Waals surface area contributed by atoms with Crippen LogP contribution in [0.15, 0.2) is 48.5 Å². The Labute approximate surface area is 159 Å². The predicted molar refractivity (Wildman–Crippen MR) is 102 cm³/mol. The maximum Gasteiger partial charge on any atom is 0.256 e. The number of carbonyl (C=O) groups is 1. The van der Waals surface area contributed by atoms with Crippen LogP contribution in [0.4, 0.5) is 4.39 Å². The summed E-state index contributed by atoms with van der Waals surface area (Å²) in [4.78, 5) is 14.6. The molecule has 0 unspecified atom stereocenters. The molecular formula is C22H25FN2O2. The molecule has 2 N–H and O–H groups in total. The lowest BCUT2D eigenvalue weighted by molar-refractivity contribution is -0.157. The van der Waals surface area contributed by atoms with Gasteiger partial charge in [-0.2, -0.15) is 0 Å². The molecule has 2 aromatic rings. The van der Waals surface area contributed by atoms with Gasteiger partial charge in [-0.15, -0.1) is 0 Å². The molecule has 1 aliphatic carbocycles. The second-order valence-electron chi connectivity index (χ2n) is 7.74. The van der Waals surface area contributed by atoms with E-state index in [9.17, 15) is 14.3 Å². The lowest BCUT2D eigenvalue weighted by Crippen LogP contribution is -2.58. The highest BCUT2D eigenvalue weighted by Gasteiger charge is 2.42. The number of benzene rings is 2. The van der Waals surface area contributed by atoms with Crippen molar-refractivity contribution in [1.29, 1.82) is 0 Å². The summed E-state index contributed by atoms with van der Waals surface area (Å²) in [6.07, 6.45) is 3.09. The van der Waals surface area contributed by atoms with Gasteiger partial charge in [0.2, 0.25) is 0 Å². The molecule has 1 atom stereocenters. The van der Waals surface area contributed by atoms with E-state index >= 15 is 0 Å². The van der Waals surface area contributed by atoms with E-state index in [4.69, 9.17) is 0 Å². The Morgan fingerprint density at radius 2 is 1.78 bits per heavy atom. The third-order valence-electron chi connectivity index (χ3n) is 5.72. The summed E-state index contributed by atoms with van der Waals surface area (Å²) in [5.74, 6) is -0.525.